The molecule has 1 nitrogen and oxygen atoms in total. The third-order valence-corrected chi connectivity index (χ3v) is 1.96. The first-order valence-electron chi connectivity index (χ1n) is 3.80. The molecule has 14 heavy (non-hydrogen) atoms. The summed E-state index contributed by atoms with van der Waals surface area (Å²) in [5.41, 5.74) is 0.458. The van der Waals surface area contributed by atoms with Crippen LogP contribution in [0.1, 0.15) is 5.56 Å². The van der Waals surface area contributed by atoms with E-state index in [4.69, 9.17) is 11.2 Å². The summed E-state index contributed by atoms with van der Waals surface area (Å²) in [6, 6.07) is 4.88. The van der Waals surface area contributed by atoms with E-state index in [-0.39, 0.29) is 0 Å². The van der Waals surface area contributed by atoms with Crippen molar-refractivity contribution in [2.75, 3.05) is 6.61 Å². The van der Waals surface area contributed by atoms with Crippen molar-refractivity contribution in [3.63, 3.8) is 0 Å². The molecule has 0 aromatic heterocycles. The molecule has 4 heteroatoms. The smallest absolute Gasteiger partial charge is 0.272 e. The lowest BCUT2D eigenvalue weighted by atomic mass is 10.2. The van der Waals surface area contributed by atoms with Crippen LogP contribution in [0.4, 0.5) is 8.78 Å². The summed E-state index contributed by atoms with van der Waals surface area (Å²) in [5, 5.41) is 0. The predicted octanol–water partition coefficient (Wildman–Crippen LogP) is 3.07. The van der Waals surface area contributed by atoms with E-state index in [1.54, 1.807) is 18.2 Å². The van der Waals surface area contributed by atoms with Gasteiger partial charge in [-0.3, -0.25) is 0 Å². The molecule has 74 valence electrons. The third kappa shape index (κ3) is 3.00. The second-order valence-electron chi connectivity index (χ2n) is 2.49. The largest absolute Gasteiger partial charge is 0.486 e. The summed E-state index contributed by atoms with van der Waals surface area (Å²) in [6.45, 7) is -0.643. The lowest BCUT2D eigenvalue weighted by Gasteiger charge is -2.07. The summed E-state index contributed by atoms with van der Waals surface area (Å²) in [4.78, 5) is 0. The highest BCUT2D eigenvalue weighted by atomic mass is 79.9. The molecule has 0 aliphatic carbocycles. The van der Waals surface area contributed by atoms with E-state index in [0.717, 1.165) is 4.47 Å². The molecule has 0 bridgehead atoms. The molecule has 0 atom stereocenters. The predicted molar refractivity (Wildman–Crippen MR) is 53.6 cm³/mol. The van der Waals surface area contributed by atoms with Crippen LogP contribution >= 0.6 is 15.9 Å². The quantitative estimate of drug-likeness (QED) is 0.760. The van der Waals surface area contributed by atoms with Crippen molar-refractivity contribution in [3.05, 3.63) is 28.2 Å². The van der Waals surface area contributed by atoms with Crippen molar-refractivity contribution in [1.29, 1.82) is 0 Å². The number of rotatable bonds is 3. The highest BCUT2D eigenvalue weighted by Crippen LogP contribution is 2.22. The molecule has 0 heterocycles. The van der Waals surface area contributed by atoms with E-state index in [1.165, 1.54) is 0 Å². The zero-order valence-electron chi connectivity index (χ0n) is 7.14. The molecular weight excluding hydrogens is 254 g/mol. The summed E-state index contributed by atoms with van der Waals surface area (Å²) >= 11 is 3.22. The molecule has 0 saturated heterocycles. The van der Waals surface area contributed by atoms with Crippen molar-refractivity contribution in [2.24, 2.45) is 0 Å². The Morgan fingerprint density at radius 1 is 1.50 bits per heavy atom. The van der Waals surface area contributed by atoms with Crippen LogP contribution in [-0.2, 0) is 0 Å². The molecule has 0 aliphatic rings. The van der Waals surface area contributed by atoms with Crippen LogP contribution in [0.15, 0.2) is 22.7 Å². The summed E-state index contributed by atoms with van der Waals surface area (Å²) < 4.78 is 29.3. The van der Waals surface area contributed by atoms with Gasteiger partial charge in [-0.1, -0.05) is 21.9 Å². The Balaban J connectivity index is 2.82. The van der Waals surface area contributed by atoms with Gasteiger partial charge in [0.25, 0.3) is 6.43 Å². The fourth-order valence-electron chi connectivity index (χ4n) is 0.894. The highest BCUT2D eigenvalue weighted by molar-refractivity contribution is 9.10. The van der Waals surface area contributed by atoms with Gasteiger partial charge in [-0.25, -0.2) is 8.78 Å². The second kappa shape index (κ2) is 4.97. The molecule has 1 aromatic rings. The summed E-state index contributed by atoms with van der Waals surface area (Å²) in [6.07, 6.45) is 2.69. The van der Waals surface area contributed by atoms with Crippen molar-refractivity contribution >= 4 is 15.9 Å². The van der Waals surface area contributed by atoms with Gasteiger partial charge >= 0.3 is 0 Å². The summed E-state index contributed by atoms with van der Waals surface area (Å²) in [5.74, 6) is 2.66. The zero-order valence-corrected chi connectivity index (χ0v) is 8.72. The maximum Gasteiger partial charge on any atom is 0.272 e. The Hall–Kier alpha value is -1.08. The van der Waals surface area contributed by atoms with Gasteiger partial charge in [0.15, 0.2) is 0 Å². The van der Waals surface area contributed by atoms with Crippen molar-refractivity contribution in [3.8, 4) is 18.1 Å². The molecule has 0 amide bonds. The molecule has 0 radical (unpaired) electrons. The average Bonchev–Trinajstić information content (AvgIpc) is 2.15. The Morgan fingerprint density at radius 2 is 2.21 bits per heavy atom. The maximum absolute atomic E-state index is 11.8. The Labute approximate surface area is 89.2 Å². The average molecular weight is 261 g/mol. The highest BCUT2D eigenvalue weighted by Gasteiger charge is 2.06. The van der Waals surface area contributed by atoms with Gasteiger partial charge in [0.2, 0.25) is 0 Å². The standard InChI is InChI=1S/C10H7BrF2O/c1-2-7-5-8(11)3-4-9(7)14-6-10(12)13/h1,3-5,10H,6H2. The van der Waals surface area contributed by atoms with Crippen LogP contribution in [0.25, 0.3) is 0 Å². The molecule has 0 aliphatic heterocycles. The Kier molecular flexibility index (Phi) is 3.90. The van der Waals surface area contributed by atoms with Gasteiger partial charge < -0.3 is 4.74 Å². The minimum absolute atomic E-state index is 0.302. The van der Waals surface area contributed by atoms with E-state index < -0.39 is 13.0 Å². The maximum atomic E-state index is 11.8. The van der Waals surface area contributed by atoms with E-state index in [2.05, 4.69) is 21.9 Å². The van der Waals surface area contributed by atoms with Crippen molar-refractivity contribution in [1.82, 2.24) is 0 Å². The summed E-state index contributed by atoms with van der Waals surface area (Å²) in [7, 11) is 0. The number of hydrogen-bond acceptors (Lipinski definition) is 1. The Morgan fingerprint density at radius 3 is 2.79 bits per heavy atom. The SMILES string of the molecule is C#Cc1cc(Br)ccc1OCC(F)F. The third-order valence-electron chi connectivity index (χ3n) is 1.46. The van der Waals surface area contributed by atoms with Gasteiger partial charge in [0, 0.05) is 4.47 Å². The van der Waals surface area contributed by atoms with Gasteiger partial charge in [-0.15, -0.1) is 6.42 Å². The van der Waals surface area contributed by atoms with Crippen molar-refractivity contribution in [2.45, 2.75) is 6.43 Å². The molecule has 0 saturated carbocycles. The molecular formula is C10H7BrF2O. The van der Waals surface area contributed by atoms with Gasteiger partial charge in [0.1, 0.15) is 12.4 Å². The molecule has 0 fully saturated rings. The van der Waals surface area contributed by atoms with Crippen LogP contribution in [0.2, 0.25) is 0 Å². The van der Waals surface area contributed by atoms with Gasteiger partial charge in [-0.2, -0.15) is 0 Å². The fraction of sp³-hybridized carbons (Fsp3) is 0.200. The topological polar surface area (TPSA) is 9.23 Å². The van der Waals surface area contributed by atoms with Crippen LogP contribution in [0.3, 0.4) is 0 Å². The van der Waals surface area contributed by atoms with E-state index in [9.17, 15) is 8.78 Å². The van der Waals surface area contributed by atoms with Crippen LogP contribution in [-0.4, -0.2) is 13.0 Å². The van der Waals surface area contributed by atoms with Crippen LogP contribution in [0.5, 0.6) is 5.75 Å². The lowest BCUT2D eigenvalue weighted by Crippen LogP contribution is -2.07. The second-order valence-corrected chi connectivity index (χ2v) is 3.40. The van der Waals surface area contributed by atoms with E-state index in [0.29, 0.717) is 11.3 Å². The monoisotopic (exact) mass is 260 g/mol. The molecule has 0 N–H and O–H groups in total. The minimum atomic E-state index is -2.50. The fourth-order valence-corrected chi connectivity index (χ4v) is 1.25. The number of hydrogen-bond donors (Lipinski definition) is 0. The van der Waals surface area contributed by atoms with E-state index >= 15 is 0 Å². The first-order chi connectivity index (χ1) is 6.63. The molecule has 0 unspecified atom stereocenters. The first-order valence-corrected chi connectivity index (χ1v) is 4.60. The first kappa shape index (κ1) is 11.0. The van der Waals surface area contributed by atoms with E-state index in [1.807, 2.05) is 0 Å². The van der Waals surface area contributed by atoms with Crippen molar-refractivity contribution < 1.29 is 13.5 Å². The number of alkyl halides is 2. The number of benzene rings is 1. The molecule has 0 spiro atoms. The number of ether oxygens (including phenoxy) is 1. The van der Waals surface area contributed by atoms with Gasteiger partial charge in [0.05, 0.1) is 5.56 Å². The molecule has 1 aromatic carbocycles. The lowest BCUT2D eigenvalue weighted by molar-refractivity contribution is 0.0818. The van der Waals surface area contributed by atoms with Crippen LogP contribution < -0.4 is 4.74 Å². The minimum Gasteiger partial charge on any atom is -0.486 e. The number of terminal acetylenes is 1. The van der Waals surface area contributed by atoms with Gasteiger partial charge in [-0.05, 0) is 18.2 Å². The Bertz CT molecular complexity index is 358. The normalized spacial score (nSPS) is 9.93. The van der Waals surface area contributed by atoms with Crippen LogP contribution in [0, 0.1) is 12.3 Å². The number of halogens is 3. The zero-order chi connectivity index (χ0) is 10.6. The molecule has 1 rings (SSSR count).